The first-order chi connectivity index (χ1) is 7.98. The molecule has 0 saturated heterocycles. The maximum atomic E-state index is 5.36. The molecule has 0 bridgehead atoms. The molecular formula is C14H23NOS. The van der Waals surface area contributed by atoms with E-state index in [1.165, 1.54) is 5.56 Å². The Hall–Kier alpha value is -0.670. The number of hydrogen-bond acceptors (Lipinski definition) is 3. The summed E-state index contributed by atoms with van der Waals surface area (Å²) in [7, 11) is 3.86. The van der Waals surface area contributed by atoms with Crippen LogP contribution in [0.2, 0.25) is 0 Å². The van der Waals surface area contributed by atoms with Gasteiger partial charge in [-0.15, -0.1) is 0 Å². The highest BCUT2D eigenvalue weighted by Gasteiger charge is 2.18. The van der Waals surface area contributed by atoms with E-state index in [2.05, 4.69) is 50.6 Å². The molecule has 0 aliphatic heterocycles. The van der Waals surface area contributed by atoms with E-state index < -0.39 is 0 Å². The second-order valence-electron chi connectivity index (χ2n) is 5.31. The fourth-order valence-corrected chi connectivity index (χ4v) is 2.06. The fraction of sp³-hybridized carbons (Fsp3) is 0.571. The minimum atomic E-state index is 0.236. The standard InChI is InChI=1S/C14H23NOS/c1-14(2,11-17)10-15(3)9-12-7-5-6-8-13(12)16-4/h5-8,17H,9-11H2,1-4H3. The Morgan fingerprint density at radius 3 is 2.53 bits per heavy atom. The second-order valence-corrected chi connectivity index (χ2v) is 5.62. The van der Waals surface area contributed by atoms with Crippen LogP contribution in [-0.4, -0.2) is 31.4 Å². The van der Waals surface area contributed by atoms with Crippen molar-refractivity contribution in [1.82, 2.24) is 4.90 Å². The second kappa shape index (κ2) is 6.31. The number of para-hydroxylation sites is 1. The monoisotopic (exact) mass is 253 g/mol. The third-order valence-electron chi connectivity index (χ3n) is 2.76. The maximum Gasteiger partial charge on any atom is 0.123 e. The average molecular weight is 253 g/mol. The van der Waals surface area contributed by atoms with Crippen LogP contribution in [0, 0.1) is 5.41 Å². The molecule has 3 heteroatoms. The van der Waals surface area contributed by atoms with E-state index in [9.17, 15) is 0 Å². The van der Waals surface area contributed by atoms with Crippen LogP contribution >= 0.6 is 12.6 Å². The summed E-state index contributed by atoms with van der Waals surface area (Å²) in [6.45, 7) is 6.40. The first kappa shape index (κ1) is 14.4. The molecule has 1 rings (SSSR count). The summed E-state index contributed by atoms with van der Waals surface area (Å²) in [6, 6.07) is 8.17. The number of hydrogen-bond donors (Lipinski definition) is 1. The van der Waals surface area contributed by atoms with Crippen molar-refractivity contribution >= 4 is 12.6 Å². The molecule has 0 N–H and O–H groups in total. The highest BCUT2D eigenvalue weighted by molar-refractivity contribution is 7.80. The lowest BCUT2D eigenvalue weighted by Gasteiger charge is -2.29. The van der Waals surface area contributed by atoms with Gasteiger partial charge >= 0.3 is 0 Å². The van der Waals surface area contributed by atoms with Gasteiger partial charge in [-0.2, -0.15) is 12.6 Å². The van der Waals surface area contributed by atoms with Crippen LogP contribution in [0.4, 0.5) is 0 Å². The van der Waals surface area contributed by atoms with E-state index >= 15 is 0 Å². The van der Waals surface area contributed by atoms with E-state index in [4.69, 9.17) is 4.74 Å². The highest BCUT2D eigenvalue weighted by Crippen LogP contribution is 2.22. The van der Waals surface area contributed by atoms with Gasteiger partial charge in [0.2, 0.25) is 0 Å². The summed E-state index contributed by atoms with van der Waals surface area (Å²) >= 11 is 4.39. The first-order valence-electron chi connectivity index (χ1n) is 5.90. The van der Waals surface area contributed by atoms with Gasteiger partial charge < -0.3 is 9.64 Å². The molecule has 0 aromatic heterocycles. The molecule has 0 heterocycles. The fourth-order valence-electron chi connectivity index (χ4n) is 1.96. The average Bonchev–Trinajstić information content (AvgIpc) is 2.29. The van der Waals surface area contributed by atoms with E-state index in [0.717, 1.165) is 24.6 Å². The van der Waals surface area contributed by atoms with Crippen LogP contribution in [0.3, 0.4) is 0 Å². The van der Waals surface area contributed by atoms with Crippen LogP contribution in [0.5, 0.6) is 5.75 Å². The molecule has 0 amide bonds. The normalized spacial score (nSPS) is 11.9. The van der Waals surface area contributed by atoms with E-state index in [0.29, 0.717) is 0 Å². The minimum Gasteiger partial charge on any atom is -0.496 e. The van der Waals surface area contributed by atoms with Crippen LogP contribution < -0.4 is 4.74 Å². The van der Waals surface area contributed by atoms with Crippen molar-refractivity contribution in [1.29, 1.82) is 0 Å². The number of nitrogens with zero attached hydrogens (tertiary/aromatic N) is 1. The van der Waals surface area contributed by atoms with Crippen molar-refractivity contribution in [2.75, 3.05) is 26.5 Å². The van der Waals surface area contributed by atoms with Crippen molar-refractivity contribution in [3.63, 3.8) is 0 Å². The van der Waals surface area contributed by atoms with Gasteiger partial charge in [-0.25, -0.2) is 0 Å². The van der Waals surface area contributed by atoms with Crippen molar-refractivity contribution in [2.45, 2.75) is 20.4 Å². The smallest absolute Gasteiger partial charge is 0.123 e. The van der Waals surface area contributed by atoms with E-state index in [1.807, 2.05) is 12.1 Å². The lowest BCUT2D eigenvalue weighted by molar-refractivity contribution is 0.222. The van der Waals surface area contributed by atoms with Gasteiger partial charge in [0.1, 0.15) is 5.75 Å². The van der Waals surface area contributed by atoms with E-state index in [1.54, 1.807) is 7.11 Å². The van der Waals surface area contributed by atoms with Gasteiger partial charge in [-0.3, -0.25) is 0 Å². The lowest BCUT2D eigenvalue weighted by atomic mass is 9.95. The summed E-state index contributed by atoms with van der Waals surface area (Å²) in [5.41, 5.74) is 1.47. The Labute approximate surface area is 110 Å². The zero-order chi connectivity index (χ0) is 12.9. The Kier molecular flexibility index (Phi) is 5.34. The summed E-state index contributed by atoms with van der Waals surface area (Å²) < 4.78 is 5.36. The van der Waals surface area contributed by atoms with Crippen LogP contribution in [0.15, 0.2) is 24.3 Å². The molecule has 0 unspecified atom stereocenters. The topological polar surface area (TPSA) is 12.5 Å². The molecule has 0 aliphatic rings. The van der Waals surface area contributed by atoms with Gasteiger partial charge in [0.25, 0.3) is 0 Å². The number of thiol groups is 1. The molecule has 1 aromatic rings. The third kappa shape index (κ3) is 4.60. The summed E-state index contributed by atoms with van der Waals surface area (Å²) in [5.74, 6) is 1.85. The molecule has 0 saturated carbocycles. The summed E-state index contributed by atoms with van der Waals surface area (Å²) in [4.78, 5) is 2.31. The molecule has 0 fully saturated rings. The lowest BCUT2D eigenvalue weighted by Crippen LogP contribution is -2.32. The maximum absolute atomic E-state index is 5.36. The minimum absolute atomic E-state index is 0.236. The van der Waals surface area contributed by atoms with Crippen LogP contribution in [-0.2, 0) is 6.54 Å². The van der Waals surface area contributed by atoms with Gasteiger partial charge in [0, 0.05) is 18.7 Å². The predicted octanol–water partition coefficient (Wildman–Crippen LogP) is 3.08. The molecule has 96 valence electrons. The van der Waals surface area contributed by atoms with Gasteiger partial charge in [-0.05, 0) is 24.3 Å². The van der Waals surface area contributed by atoms with Crippen LogP contribution in [0.1, 0.15) is 19.4 Å². The molecule has 1 aromatic carbocycles. The highest BCUT2D eigenvalue weighted by atomic mass is 32.1. The number of methoxy groups -OCH3 is 1. The molecular weight excluding hydrogens is 230 g/mol. The Morgan fingerprint density at radius 1 is 1.29 bits per heavy atom. The molecule has 0 aliphatic carbocycles. The van der Waals surface area contributed by atoms with Crippen molar-refractivity contribution in [3.05, 3.63) is 29.8 Å². The Morgan fingerprint density at radius 2 is 1.94 bits per heavy atom. The van der Waals surface area contributed by atoms with E-state index in [-0.39, 0.29) is 5.41 Å². The predicted molar refractivity (Wildman–Crippen MR) is 77.0 cm³/mol. The largest absolute Gasteiger partial charge is 0.496 e. The van der Waals surface area contributed by atoms with Crippen molar-refractivity contribution in [2.24, 2.45) is 5.41 Å². The summed E-state index contributed by atoms with van der Waals surface area (Å²) in [6.07, 6.45) is 0. The van der Waals surface area contributed by atoms with Crippen molar-refractivity contribution in [3.8, 4) is 5.75 Å². The number of ether oxygens (including phenoxy) is 1. The number of benzene rings is 1. The summed E-state index contributed by atoms with van der Waals surface area (Å²) in [5, 5.41) is 0. The third-order valence-corrected chi connectivity index (χ3v) is 3.61. The van der Waals surface area contributed by atoms with Gasteiger partial charge in [0.05, 0.1) is 7.11 Å². The first-order valence-corrected chi connectivity index (χ1v) is 6.53. The molecule has 0 spiro atoms. The molecule has 0 radical (unpaired) electrons. The zero-order valence-electron chi connectivity index (χ0n) is 11.2. The number of rotatable bonds is 6. The zero-order valence-corrected chi connectivity index (χ0v) is 12.1. The van der Waals surface area contributed by atoms with Gasteiger partial charge in [0.15, 0.2) is 0 Å². The Bertz CT molecular complexity index is 352. The SMILES string of the molecule is COc1ccccc1CN(C)CC(C)(C)CS. The Balaban J connectivity index is 2.65. The molecule has 0 atom stereocenters. The van der Waals surface area contributed by atoms with Crippen LogP contribution in [0.25, 0.3) is 0 Å². The van der Waals surface area contributed by atoms with Gasteiger partial charge in [-0.1, -0.05) is 32.0 Å². The quantitative estimate of drug-likeness (QED) is 0.782. The molecule has 17 heavy (non-hydrogen) atoms. The van der Waals surface area contributed by atoms with Crippen molar-refractivity contribution < 1.29 is 4.74 Å². The molecule has 2 nitrogen and oxygen atoms in total.